The first-order valence-electron chi connectivity index (χ1n) is 3.66. The summed E-state index contributed by atoms with van der Waals surface area (Å²) in [6, 6.07) is 12.1. The molecule has 0 nitrogen and oxygen atoms in total. The Bertz CT molecular complexity index is 358. The van der Waals surface area contributed by atoms with Gasteiger partial charge >= 0.3 is 29.6 Å². The molecule has 2 rings (SSSR count). The summed E-state index contributed by atoms with van der Waals surface area (Å²) in [4.78, 5) is 1.28. The minimum Gasteiger partial charge on any atom is -1.00 e. The summed E-state index contributed by atoms with van der Waals surface area (Å²) in [6.07, 6.45) is 0. The van der Waals surface area contributed by atoms with E-state index >= 15 is 0 Å². The second-order valence-electron chi connectivity index (χ2n) is 2.48. The molecule has 62 valence electrons. The van der Waals surface area contributed by atoms with Gasteiger partial charge in [-0.1, -0.05) is 29.8 Å². The zero-order valence-corrected chi connectivity index (χ0v) is 10.9. The van der Waals surface area contributed by atoms with Gasteiger partial charge < -0.3 is 1.43 Å². The molecule has 1 aromatic heterocycles. The van der Waals surface area contributed by atoms with Crippen molar-refractivity contribution in [1.82, 2.24) is 0 Å². The molecule has 0 spiro atoms. The fourth-order valence-electron chi connectivity index (χ4n) is 1.06. The molecule has 0 saturated heterocycles. The van der Waals surface area contributed by atoms with Crippen molar-refractivity contribution in [3.05, 3.63) is 46.8 Å². The Kier molecular flexibility index (Phi) is 4.50. The second-order valence-corrected chi connectivity index (χ2v) is 3.87. The number of halogens is 1. The molecule has 0 saturated carbocycles. The van der Waals surface area contributed by atoms with Crippen molar-refractivity contribution in [2.75, 3.05) is 0 Å². The van der Waals surface area contributed by atoms with E-state index in [0.29, 0.717) is 0 Å². The first-order valence-corrected chi connectivity index (χ1v) is 4.91. The van der Waals surface area contributed by atoms with Gasteiger partial charge in [-0.25, -0.2) is 0 Å². The maximum absolute atomic E-state index is 5.78. The van der Waals surface area contributed by atoms with Gasteiger partial charge in [-0.3, -0.25) is 0 Å². The van der Waals surface area contributed by atoms with Gasteiger partial charge in [-0.05, 0) is 29.1 Å². The van der Waals surface area contributed by atoms with Gasteiger partial charge in [0.05, 0.1) is 0 Å². The minimum atomic E-state index is 0. The zero-order valence-electron chi connectivity index (χ0n) is 8.33. The van der Waals surface area contributed by atoms with Gasteiger partial charge in [0.2, 0.25) is 0 Å². The van der Waals surface area contributed by atoms with Crippen molar-refractivity contribution in [2.24, 2.45) is 0 Å². The van der Waals surface area contributed by atoms with E-state index in [1.807, 2.05) is 24.3 Å². The van der Waals surface area contributed by atoms with Crippen molar-refractivity contribution in [3.8, 4) is 10.4 Å². The minimum absolute atomic E-state index is 0. The number of rotatable bonds is 1. The average Bonchev–Trinajstić information content (AvgIpc) is 2.58. The molecule has 2 aromatic rings. The summed E-state index contributed by atoms with van der Waals surface area (Å²) in [5, 5.41) is 2.86. The standard InChI is InChI=1S/C10H7ClS.Na.H/c11-9-5-3-8(4-6-9)10-2-1-7-12-10;;/h1-7H;;/q;+1;-1. The summed E-state index contributed by atoms with van der Waals surface area (Å²) < 4.78 is 0. The van der Waals surface area contributed by atoms with Gasteiger partial charge in [-0.15, -0.1) is 11.3 Å². The summed E-state index contributed by atoms with van der Waals surface area (Å²) in [7, 11) is 0. The first kappa shape index (κ1) is 11.3. The second kappa shape index (κ2) is 5.18. The fourth-order valence-corrected chi connectivity index (χ4v) is 1.92. The summed E-state index contributed by atoms with van der Waals surface area (Å²) in [5.74, 6) is 0. The predicted octanol–water partition coefficient (Wildman–Crippen LogP) is 1.18. The normalized spacial score (nSPS) is 9.31. The van der Waals surface area contributed by atoms with E-state index in [1.54, 1.807) is 11.3 Å². The molecule has 0 fully saturated rings. The molecule has 0 unspecified atom stereocenters. The van der Waals surface area contributed by atoms with Crippen molar-refractivity contribution in [1.29, 1.82) is 0 Å². The molecule has 1 heterocycles. The van der Waals surface area contributed by atoms with Gasteiger partial charge in [0.15, 0.2) is 0 Å². The Morgan fingerprint density at radius 3 is 2.31 bits per heavy atom. The third kappa shape index (κ3) is 2.83. The summed E-state index contributed by atoms with van der Waals surface area (Å²) in [6.45, 7) is 0. The average molecular weight is 219 g/mol. The van der Waals surface area contributed by atoms with E-state index in [-0.39, 0.29) is 31.0 Å². The molecule has 0 bridgehead atoms. The van der Waals surface area contributed by atoms with Gasteiger partial charge in [0.25, 0.3) is 0 Å². The molecule has 3 heteroatoms. The largest absolute Gasteiger partial charge is 1.00 e. The van der Waals surface area contributed by atoms with E-state index in [4.69, 9.17) is 11.6 Å². The van der Waals surface area contributed by atoms with E-state index in [1.165, 1.54) is 10.4 Å². The van der Waals surface area contributed by atoms with Crippen LogP contribution in [-0.4, -0.2) is 0 Å². The van der Waals surface area contributed by atoms with Crippen LogP contribution < -0.4 is 29.6 Å². The number of hydrogen-bond acceptors (Lipinski definition) is 1. The third-order valence-corrected chi connectivity index (χ3v) is 2.82. The SMILES string of the molecule is Clc1ccc(-c2cccs2)cc1.[H-].[Na+]. The van der Waals surface area contributed by atoms with Gasteiger partial charge in [0.1, 0.15) is 0 Å². The van der Waals surface area contributed by atoms with Crippen molar-refractivity contribution in [3.63, 3.8) is 0 Å². The molecule has 0 atom stereocenters. The Hall–Kier alpha value is 0.210. The Morgan fingerprint density at radius 2 is 1.77 bits per heavy atom. The Labute approximate surface area is 110 Å². The molecule has 0 amide bonds. The maximum Gasteiger partial charge on any atom is 1.00 e. The van der Waals surface area contributed by atoms with Crippen LogP contribution in [0.25, 0.3) is 10.4 Å². The van der Waals surface area contributed by atoms with Crippen molar-refractivity contribution in [2.45, 2.75) is 0 Å². The molecular weight excluding hydrogens is 211 g/mol. The van der Waals surface area contributed by atoms with Crippen LogP contribution in [0.15, 0.2) is 41.8 Å². The summed E-state index contributed by atoms with van der Waals surface area (Å²) in [5.41, 5.74) is 1.23. The van der Waals surface area contributed by atoms with E-state index in [0.717, 1.165) is 5.02 Å². The van der Waals surface area contributed by atoms with Crippen LogP contribution in [0.2, 0.25) is 5.02 Å². The Balaban J connectivity index is 0.000000845. The van der Waals surface area contributed by atoms with Gasteiger partial charge in [0, 0.05) is 9.90 Å². The summed E-state index contributed by atoms with van der Waals surface area (Å²) >= 11 is 7.52. The van der Waals surface area contributed by atoms with Gasteiger partial charge in [-0.2, -0.15) is 0 Å². The maximum atomic E-state index is 5.78. The van der Waals surface area contributed by atoms with Crippen LogP contribution in [0, 0.1) is 0 Å². The monoisotopic (exact) mass is 218 g/mol. The topological polar surface area (TPSA) is 0 Å². The van der Waals surface area contributed by atoms with Crippen LogP contribution in [0.4, 0.5) is 0 Å². The fraction of sp³-hybridized carbons (Fsp3) is 0. The zero-order chi connectivity index (χ0) is 8.39. The molecule has 0 aliphatic rings. The smallest absolute Gasteiger partial charge is 1.00 e. The van der Waals surface area contributed by atoms with E-state index in [2.05, 4.69) is 17.5 Å². The molecule has 13 heavy (non-hydrogen) atoms. The van der Waals surface area contributed by atoms with E-state index in [9.17, 15) is 0 Å². The molecule has 0 aliphatic heterocycles. The number of benzene rings is 1. The number of thiophene rings is 1. The van der Waals surface area contributed by atoms with Crippen LogP contribution in [0.3, 0.4) is 0 Å². The van der Waals surface area contributed by atoms with Crippen LogP contribution in [0.1, 0.15) is 1.43 Å². The molecule has 0 N–H and O–H groups in total. The van der Waals surface area contributed by atoms with Crippen molar-refractivity contribution < 1.29 is 31.0 Å². The number of hydrogen-bond donors (Lipinski definition) is 0. The van der Waals surface area contributed by atoms with Crippen LogP contribution in [0.5, 0.6) is 0 Å². The van der Waals surface area contributed by atoms with Crippen molar-refractivity contribution >= 4 is 22.9 Å². The molecule has 0 radical (unpaired) electrons. The molecule has 1 aromatic carbocycles. The quantitative estimate of drug-likeness (QED) is 0.631. The van der Waals surface area contributed by atoms with Crippen LogP contribution in [-0.2, 0) is 0 Å². The first-order chi connectivity index (χ1) is 5.86. The van der Waals surface area contributed by atoms with E-state index < -0.39 is 0 Å². The third-order valence-electron chi connectivity index (χ3n) is 1.65. The predicted molar refractivity (Wildman–Crippen MR) is 55.9 cm³/mol. The molecular formula is C10H8ClNaS. The van der Waals surface area contributed by atoms with Crippen LogP contribution >= 0.6 is 22.9 Å². The molecule has 0 aliphatic carbocycles. The Morgan fingerprint density at radius 1 is 1.08 bits per heavy atom.